The molecular weight excluding hydrogens is 372 g/mol. The number of para-hydroxylation sites is 1. The lowest BCUT2D eigenvalue weighted by molar-refractivity contribution is -0.134. The molecule has 154 valence electrons. The van der Waals surface area contributed by atoms with Crippen molar-refractivity contribution in [1.29, 1.82) is 0 Å². The van der Waals surface area contributed by atoms with Crippen LogP contribution in [0.1, 0.15) is 29.8 Å². The second-order valence-corrected chi connectivity index (χ2v) is 6.68. The number of aromatic amines is 1. The monoisotopic (exact) mass is 398 g/mol. The van der Waals surface area contributed by atoms with E-state index in [2.05, 4.69) is 34.6 Å². The average Bonchev–Trinajstić information content (AvgIpc) is 3.11. The number of rotatable bonds is 4. The van der Waals surface area contributed by atoms with Crippen LogP contribution < -0.4 is 19.5 Å². The number of aromatic nitrogens is 1. The molecule has 0 fully saturated rings. The van der Waals surface area contributed by atoms with E-state index in [0.29, 0.717) is 17.2 Å². The first-order chi connectivity index (χ1) is 14.0. The zero-order chi connectivity index (χ0) is 21.0. The maximum atomic E-state index is 9.00. The Morgan fingerprint density at radius 2 is 1.69 bits per heavy atom. The second kappa shape index (κ2) is 8.87. The normalized spacial score (nSPS) is 15.1. The number of benzene rings is 2. The molecule has 0 bridgehead atoms. The van der Waals surface area contributed by atoms with E-state index in [4.69, 9.17) is 24.1 Å². The van der Waals surface area contributed by atoms with Gasteiger partial charge in [0.15, 0.2) is 11.5 Å². The molecule has 3 aromatic rings. The van der Waals surface area contributed by atoms with Crippen molar-refractivity contribution in [3.05, 3.63) is 53.2 Å². The maximum Gasteiger partial charge on any atom is 0.300 e. The van der Waals surface area contributed by atoms with E-state index in [1.54, 1.807) is 21.3 Å². The van der Waals surface area contributed by atoms with Gasteiger partial charge in [0.05, 0.1) is 27.4 Å². The van der Waals surface area contributed by atoms with E-state index in [1.807, 2.05) is 12.1 Å². The van der Waals surface area contributed by atoms with E-state index < -0.39 is 5.97 Å². The second-order valence-electron chi connectivity index (χ2n) is 6.68. The van der Waals surface area contributed by atoms with Crippen molar-refractivity contribution in [1.82, 2.24) is 10.3 Å². The summed E-state index contributed by atoms with van der Waals surface area (Å²) in [6.07, 6.45) is 1.01. The van der Waals surface area contributed by atoms with Crippen molar-refractivity contribution < 1.29 is 24.1 Å². The number of H-pyrrole nitrogens is 1. The van der Waals surface area contributed by atoms with Crippen LogP contribution in [0.5, 0.6) is 17.2 Å². The van der Waals surface area contributed by atoms with Gasteiger partial charge in [0, 0.05) is 30.1 Å². The van der Waals surface area contributed by atoms with Gasteiger partial charge in [0.2, 0.25) is 5.75 Å². The molecule has 29 heavy (non-hydrogen) atoms. The number of carboxylic acids is 1. The van der Waals surface area contributed by atoms with E-state index >= 15 is 0 Å². The van der Waals surface area contributed by atoms with Crippen molar-refractivity contribution in [2.75, 3.05) is 27.9 Å². The number of carboxylic acid groups (broad SMARTS) is 1. The number of hydrogen-bond acceptors (Lipinski definition) is 5. The van der Waals surface area contributed by atoms with Gasteiger partial charge in [0.1, 0.15) is 0 Å². The van der Waals surface area contributed by atoms with Crippen LogP contribution in [0.15, 0.2) is 36.4 Å². The molecule has 1 unspecified atom stereocenters. The lowest BCUT2D eigenvalue weighted by atomic mass is 9.94. The Morgan fingerprint density at radius 1 is 1.07 bits per heavy atom. The Hall–Kier alpha value is -3.19. The fraction of sp³-hybridized carbons (Fsp3) is 0.318. The molecule has 2 heterocycles. The molecule has 0 radical (unpaired) electrons. The van der Waals surface area contributed by atoms with Crippen molar-refractivity contribution in [2.24, 2.45) is 0 Å². The van der Waals surface area contributed by atoms with Crippen molar-refractivity contribution in [3.8, 4) is 17.2 Å². The number of methoxy groups -OCH3 is 3. The number of ether oxygens (including phenoxy) is 3. The quantitative estimate of drug-likeness (QED) is 0.623. The van der Waals surface area contributed by atoms with E-state index in [1.165, 1.54) is 22.2 Å². The Labute approximate surface area is 169 Å². The smallest absolute Gasteiger partial charge is 0.300 e. The summed E-state index contributed by atoms with van der Waals surface area (Å²) in [6, 6.07) is 12.5. The van der Waals surface area contributed by atoms with E-state index in [9.17, 15) is 0 Å². The van der Waals surface area contributed by atoms with Gasteiger partial charge in [-0.3, -0.25) is 4.79 Å². The molecule has 0 saturated carbocycles. The molecule has 3 N–H and O–H groups in total. The fourth-order valence-corrected chi connectivity index (χ4v) is 3.73. The minimum atomic E-state index is -0.833. The molecule has 0 saturated heterocycles. The molecule has 1 aliphatic rings. The highest BCUT2D eigenvalue weighted by Crippen LogP contribution is 2.42. The lowest BCUT2D eigenvalue weighted by Gasteiger charge is -2.26. The Morgan fingerprint density at radius 3 is 2.28 bits per heavy atom. The Kier molecular flexibility index (Phi) is 6.29. The molecule has 2 aromatic carbocycles. The van der Waals surface area contributed by atoms with Crippen LogP contribution in [-0.4, -0.2) is 43.9 Å². The van der Waals surface area contributed by atoms with Gasteiger partial charge in [-0.05, 0) is 35.7 Å². The minimum Gasteiger partial charge on any atom is -0.493 e. The molecule has 0 amide bonds. The summed E-state index contributed by atoms with van der Waals surface area (Å²) >= 11 is 0. The summed E-state index contributed by atoms with van der Waals surface area (Å²) in [4.78, 5) is 12.6. The first-order valence-electron chi connectivity index (χ1n) is 9.32. The van der Waals surface area contributed by atoms with Gasteiger partial charge in [-0.1, -0.05) is 18.2 Å². The summed E-state index contributed by atoms with van der Waals surface area (Å²) in [7, 11) is 4.90. The Bertz CT molecular complexity index is 983. The van der Waals surface area contributed by atoms with Gasteiger partial charge < -0.3 is 29.6 Å². The molecule has 1 aromatic heterocycles. The van der Waals surface area contributed by atoms with Gasteiger partial charge in [-0.2, -0.15) is 0 Å². The van der Waals surface area contributed by atoms with Crippen LogP contribution in [0.4, 0.5) is 0 Å². The molecule has 7 nitrogen and oxygen atoms in total. The van der Waals surface area contributed by atoms with Gasteiger partial charge in [0.25, 0.3) is 5.97 Å². The third kappa shape index (κ3) is 4.14. The molecule has 0 aliphatic carbocycles. The SMILES string of the molecule is CC(=O)O.COc1cc(C2NCCc3c2[nH]c2ccccc32)cc(OC)c1OC. The number of aliphatic carboxylic acids is 1. The number of nitrogens with one attached hydrogen (secondary N) is 2. The first-order valence-corrected chi connectivity index (χ1v) is 9.32. The van der Waals surface area contributed by atoms with E-state index in [-0.39, 0.29) is 6.04 Å². The van der Waals surface area contributed by atoms with E-state index in [0.717, 1.165) is 25.5 Å². The molecule has 1 atom stereocenters. The predicted molar refractivity (Wildman–Crippen MR) is 111 cm³/mol. The largest absolute Gasteiger partial charge is 0.493 e. The number of hydrogen-bond donors (Lipinski definition) is 3. The van der Waals surface area contributed by atoms with Crippen LogP contribution in [0.3, 0.4) is 0 Å². The third-order valence-electron chi connectivity index (χ3n) is 4.88. The first kappa shape index (κ1) is 20.5. The van der Waals surface area contributed by atoms with Crippen molar-refractivity contribution in [2.45, 2.75) is 19.4 Å². The summed E-state index contributed by atoms with van der Waals surface area (Å²) in [6.45, 7) is 2.01. The molecular formula is C22H26N2O5. The molecule has 4 rings (SSSR count). The Balaban J connectivity index is 0.000000552. The van der Waals surface area contributed by atoms with Gasteiger partial charge >= 0.3 is 0 Å². The topological polar surface area (TPSA) is 92.8 Å². The molecule has 1 aliphatic heterocycles. The predicted octanol–water partition coefficient (Wildman–Crippen LogP) is 3.52. The van der Waals surface area contributed by atoms with Crippen LogP contribution in [0, 0.1) is 0 Å². The van der Waals surface area contributed by atoms with Crippen molar-refractivity contribution in [3.63, 3.8) is 0 Å². The van der Waals surface area contributed by atoms with Crippen LogP contribution in [-0.2, 0) is 11.2 Å². The zero-order valence-electron chi connectivity index (χ0n) is 17.0. The summed E-state index contributed by atoms with van der Waals surface area (Å²) < 4.78 is 16.5. The summed E-state index contributed by atoms with van der Waals surface area (Å²) in [5.74, 6) is 1.12. The zero-order valence-corrected chi connectivity index (χ0v) is 17.0. The van der Waals surface area contributed by atoms with Gasteiger partial charge in [-0.15, -0.1) is 0 Å². The average molecular weight is 398 g/mol. The maximum absolute atomic E-state index is 9.00. The highest BCUT2D eigenvalue weighted by atomic mass is 16.5. The van der Waals surface area contributed by atoms with Crippen molar-refractivity contribution >= 4 is 16.9 Å². The summed E-state index contributed by atoms with van der Waals surface area (Å²) in [5.41, 5.74) is 4.85. The lowest BCUT2D eigenvalue weighted by Crippen LogP contribution is -2.30. The third-order valence-corrected chi connectivity index (χ3v) is 4.88. The minimum absolute atomic E-state index is 0.0601. The number of fused-ring (bicyclic) bond motifs is 3. The molecule has 7 heteroatoms. The highest BCUT2D eigenvalue weighted by Gasteiger charge is 2.27. The highest BCUT2D eigenvalue weighted by molar-refractivity contribution is 5.85. The van der Waals surface area contributed by atoms with Crippen LogP contribution in [0.25, 0.3) is 10.9 Å². The fourth-order valence-electron chi connectivity index (χ4n) is 3.73. The standard InChI is InChI=1S/C20H22N2O3.C2H4O2/c1-23-16-10-12(11-17(24-2)20(16)25-3)18-19-14(8-9-21-18)13-6-4-5-7-15(13)22-19;1-2(3)4/h4-7,10-11,18,21-22H,8-9H2,1-3H3;1H3,(H,3,4). The van der Waals surface area contributed by atoms with Gasteiger partial charge in [-0.25, -0.2) is 0 Å². The van der Waals surface area contributed by atoms with Crippen LogP contribution in [0.2, 0.25) is 0 Å². The number of carbonyl (C=O) groups is 1. The van der Waals surface area contributed by atoms with Crippen LogP contribution >= 0.6 is 0 Å². The summed E-state index contributed by atoms with van der Waals surface area (Å²) in [5, 5.41) is 12.3. The molecule has 0 spiro atoms.